The van der Waals surface area contributed by atoms with Gasteiger partial charge in [-0.05, 0) is 62.4 Å². The molecule has 3 heteroatoms. The van der Waals surface area contributed by atoms with E-state index in [1.54, 1.807) is 0 Å². The summed E-state index contributed by atoms with van der Waals surface area (Å²) in [6.45, 7) is 9.30. The van der Waals surface area contributed by atoms with Gasteiger partial charge in [-0.25, -0.2) is 0 Å². The Hall–Kier alpha value is -1.06. The average Bonchev–Trinajstić information content (AvgIpc) is 2.96. The van der Waals surface area contributed by atoms with E-state index in [-0.39, 0.29) is 6.04 Å². The minimum atomic E-state index is 0.289. The smallest absolute Gasteiger partial charge is 0.0370 e. The molecule has 3 rings (SSSR count). The molecule has 2 unspecified atom stereocenters. The zero-order valence-electron chi connectivity index (χ0n) is 13.5. The van der Waals surface area contributed by atoms with Gasteiger partial charge >= 0.3 is 0 Å². The highest BCUT2D eigenvalue weighted by Gasteiger charge is 2.30. The molecule has 21 heavy (non-hydrogen) atoms. The number of anilines is 1. The molecule has 2 heterocycles. The van der Waals surface area contributed by atoms with Crippen molar-refractivity contribution in [3.63, 3.8) is 0 Å². The molecular formula is C18H29N3. The summed E-state index contributed by atoms with van der Waals surface area (Å²) in [6, 6.07) is 8.03. The Kier molecular flexibility index (Phi) is 4.51. The van der Waals surface area contributed by atoms with Crippen LogP contribution in [0.5, 0.6) is 0 Å². The second-order valence-electron chi connectivity index (χ2n) is 6.76. The van der Waals surface area contributed by atoms with E-state index in [2.05, 4.69) is 41.8 Å². The molecule has 2 N–H and O–H groups in total. The Morgan fingerprint density at radius 1 is 1.29 bits per heavy atom. The lowest BCUT2D eigenvalue weighted by molar-refractivity contribution is 0.231. The summed E-state index contributed by atoms with van der Waals surface area (Å²) in [5.41, 5.74) is 10.3. The molecular weight excluding hydrogens is 258 g/mol. The van der Waals surface area contributed by atoms with Crippen molar-refractivity contribution in [3.05, 3.63) is 29.3 Å². The molecule has 2 aliphatic rings. The monoisotopic (exact) mass is 287 g/mol. The Bertz CT molecular complexity index is 485. The number of rotatable bonds is 4. The number of piperazine rings is 1. The lowest BCUT2D eigenvalue weighted by Gasteiger charge is -2.39. The van der Waals surface area contributed by atoms with Crippen LogP contribution in [0.2, 0.25) is 0 Å². The number of benzene rings is 1. The fourth-order valence-electron chi connectivity index (χ4n) is 3.76. The molecule has 2 atom stereocenters. The summed E-state index contributed by atoms with van der Waals surface area (Å²) in [5, 5.41) is 0. The highest BCUT2D eigenvalue weighted by atomic mass is 15.3. The van der Waals surface area contributed by atoms with E-state index >= 15 is 0 Å². The van der Waals surface area contributed by atoms with Crippen LogP contribution in [0.3, 0.4) is 0 Å². The van der Waals surface area contributed by atoms with E-state index in [1.807, 2.05) is 0 Å². The van der Waals surface area contributed by atoms with Crippen molar-refractivity contribution in [1.29, 1.82) is 0 Å². The van der Waals surface area contributed by atoms with Crippen molar-refractivity contribution in [2.45, 2.75) is 51.6 Å². The summed E-state index contributed by atoms with van der Waals surface area (Å²) in [4.78, 5) is 5.24. The van der Waals surface area contributed by atoms with E-state index in [9.17, 15) is 0 Å². The lowest BCUT2D eigenvalue weighted by atomic mass is 9.99. The van der Waals surface area contributed by atoms with Gasteiger partial charge in [0.25, 0.3) is 0 Å². The van der Waals surface area contributed by atoms with E-state index in [0.717, 1.165) is 18.9 Å². The summed E-state index contributed by atoms with van der Waals surface area (Å²) in [6.07, 6.45) is 4.80. The quantitative estimate of drug-likeness (QED) is 0.924. The number of nitrogens with zero attached hydrogens (tertiary/aromatic N) is 2. The average molecular weight is 287 g/mol. The van der Waals surface area contributed by atoms with Gasteiger partial charge in [-0.3, -0.25) is 4.90 Å². The van der Waals surface area contributed by atoms with Crippen LogP contribution in [0.1, 0.15) is 37.3 Å². The molecule has 2 saturated heterocycles. The molecule has 3 nitrogen and oxygen atoms in total. The van der Waals surface area contributed by atoms with Crippen LogP contribution in [0.15, 0.2) is 18.2 Å². The first-order chi connectivity index (χ1) is 10.2. The first-order valence-corrected chi connectivity index (χ1v) is 8.51. The number of hydrogen-bond donors (Lipinski definition) is 1. The number of hydrogen-bond acceptors (Lipinski definition) is 3. The minimum absolute atomic E-state index is 0.289. The van der Waals surface area contributed by atoms with Crippen LogP contribution < -0.4 is 10.6 Å². The number of fused-ring (bicyclic) bond motifs is 1. The van der Waals surface area contributed by atoms with Crippen molar-refractivity contribution in [1.82, 2.24) is 4.90 Å². The van der Waals surface area contributed by atoms with Crippen LogP contribution in [0.25, 0.3) is 0 Å². The van der Waals surface area contributed by atoms with Crippen LogP contribution in [0, 0.1) is 6.92 Å². The maximum Gasteiger partial charge on any atom is 0.0370 e. The SMILES string of the molecule is CCC(N)Cc1ccc(N2CCN3CCCC3C2)cc1C. The summed E-state index contributed by atoms with van der Waals surface area (Å²) in [7, 11) is 0. The van der Waals surface area contributed by atoms with Gasteiger partial charge in [0.1, 0.15) is 0 Å². The van der Waals surface area contributed by atoms with E-state index < -0.39 is 0 Å². The molecule has 2 fully saturated rings. The highest BCUT2D eigenvalue weighted by molar-refractivity contribution is 5.51. The molecule has 2 aliphatic heterocycles. The molecule has 0 aliphatic carbocycles. The normalized spacial score (nSPS) is 24.1. The largest absolute Gasteiger partial charge is 0.369 e. The third-order valence-electron chi connectivity index (χ3n) is 5.29. The van der Waals surface area contributed by atoms with E-state index in [4.69, 9.17) is 5.73 Å². The van der Waals surface area contributed by atoms with Gasteiger partial charge in [-0.15, -0.1) is 0 Å². The van der Waals surface area contributed by atoms with Crippen LogP contribution in [0.4, 0.5) is 5.69 Å². The van der Waals surface area contributed by atoms with Gasteiger partial charge in [0.15, 0.2) is 0 Å². The van der Waals surface area contributed by atoms with Gasteiger partial charge in [0.2, 0.25) is 0 Å². The van der Waals surface area contributed by atoms with Crippen molar-refractivity contribution >= 4 is 5.69 Å². The molecule has 0 amide bonds. The minimum Gasteiger partial charge on any atom is -0.369 e. The molecule has 1 aromatic carbocycles. The molecule has 116 valence electrons. The predicted molar refractivity (Wildman–Crippen MR) is 90.0 cm³/mol. The van der Waals surface area contributed by atoms with Crippen molar-refractivity contribution in [2.75, 3.05) is 31.1 Å². The van der Waals surface area contributed by atoms with Crippen molar-refractivity contribution < 1.29 is 0 Å². The second kappa shape index (κ2) is 6.37. The number of nitrogens with two attached hydrogens (primary N) is 1. The molecule has 0 bridgehead atoms. The van der Waals surface area contributed by atoms with Crippen LogP contribution in [-0.4, -0.2) is 43.2 Å². The van der Waals surface area contributed by atoms with Gasteiger partial charge in [-0.1, -0.05) is 13.0 Å². The maximum absolute atomic E-state index is 6.10. The molecule has 0 aromatic heterocycles. The lowest BCUT2D eigenvalue weighted by Crippen LogP contribution is -2.50. The first kappa shape index (κ1) is 14.9. The van der Waals surface area contributed by atoms with Crippen LogP contribution in [-0.2, 0) is 6.42 Å². The third-order valence-corrected chi connectivity index (χ3v) is 5.29. The fraction of sp³-hybridized carbons (Fsp3) is 0.667. The summed E-state index contributed by atoms with van der Waals surface area (Å²) >= 11 is 0. The standard InChI is InChI=1S/C18H29N3/c1-3-16(19)12-15-6-7-17(11-14(15)2)21-10-9-20-8-4-5-18(20)13-21/h6-7,11,16,18H,3-5,8-10,12-13,19H2,1-2H3. The second-order valence-corrected chi connectivity index (χ2v) is 6.76. The van der Waals surface area contributed by atoms with E-state index in [1.165, 1.54) is 55.8 Å². The topological polar surface area (TPSA) is 32.5 Å². The van der Waals surface area contributed by atoms with E-state index in [0.29, 0.717) is 0 Å². The van der Waals surface area contributed by atoms with Gasteiger partial charge < -0.3 is 10.6 Å². The Morgan fingerprint density at radius 2 is 2.14 bits per heavy atom. The number of aryl methyl sites for hydroxylation is 1. The third kappa shape index (κ3) is 3.24. The Morgan fingerprint density at radius 3 is 2.90 bits per heavy atom. The fourth-order valence-corrected chi connectivity index (χ4v) is 3.76. The van der Waals surface area contributed by atoms with Gasteiger partial charge in [0, 0.05) is 37.4 Å². The maximum atomic E-state index is 6.10. The predicted octanol–water partition coefficient (Wildman–Crippen LogP) is 2.56. The summed E-state index contributed by atoms with van der Waals surface area (Å²) in [5.74, 6) is 0. The Labute approximate surface area is 129 Å². The highest BCUT2D eigenvalue weighted by Crippen LogP contribution is 2.27. The zero-order chi connectivity index (χ0) is 14.8. The van der Waals surface area contributed by atoms with Gasteiger partial charge in [0.05, 0.1) is 0 Å². The first-order valence-electron chi connectivity index (χ1n) is 8.51. The van der Waals surface area contributed by atoms with Crippen LogP contribution >= 0.6 is 0 Å². The van der Waals surface area contributed by atoms with Gasteiger partial charge in [-0.2, -0.15) is 0 Å². The summed E-state index contributed by atoms with van der Waals surface area (Å²) < 4.78 is 0. The zero-order valence-corrected chi connectivity index (χ0v) is 13.5. The molecule has 1 aromatic rings. The molecule has 0 radical (unpaired) electrons. The molecule has 0 saturated carbocycles. The molecule has 0 spiro atoms. The Balaban J connectivity index is 1.70. The van der Waals surface area contributed by atoms with Crippen molar-refractivity contribution in [2.24, 2.45) is 5.73 Å². The van der Waals surface area contributed by atoms with Crippen molar-refractivity contribution in [3.8, 4) is 0 Å².